The average molecular weight is 1770 g/mol. The molecule has 1 fully saturated rings. The fraction of sp³-hybridized carbons (Fsp3) is 0.937. The van der Waals surface area contributed by atoms with Crippen LogP contribution in [0.5, 0.6) is 0 Å². The first-order valence-corrected chi connectivity index (χ1v) is 52.8. The molecule has 26 heteroatoms. The highest BCUT2D eigenvalue weighted by atomic mass is 31.2. The average Bonchev–Trinajstić information content (AvgIpc) is 0.776. The zero-order valence-electron chi connectivity index (χ0n) is 77.6. The summed E-state index contributed by atoms with van der Waals surface area (Å²) >= 11 is 0. The molecule has 0 aromatic heterocycles. The summed E-state index contributed by atoms with van der Waals surface area (Å²) < 4.78 is 73.7. The quantitative estimate of drug-likeness (QED) is 0.0121. The normalized spacial score (nSPS) is 16.9. The van der Waals surface area contributed by atoms with Crippen molar-refractivity contribution in [3.05, 3.63) is 0 Å². The number of carbonyl (C=O) groups is 6. The third-order valence-electron chi connectivity index (χ3n) is 23.7. The third kappa shape index (κ3) is 68.7. The molecule has 24 nitrogen and oxygen atoms in total. The van der Waals surface area contributed by atoms with E-state index in [-0.39, 0.29) is 38.5 Å². The van der Waals surface area contributed by atoms with Crippen LogP contribution in [0.25, 0.3) is 0 Å². The SMILES string of the molecule is CCCCCCCCCCCCCC(=O)O[C@H](CCCCCCCCCCC)CC(=O)NCC(CO)(CO[C@@H]1OC(CO)[C@@H](OP(=O)(O)O)C(OC(=O)C[C@@H](CCCCCCCCCCC)OC(=O)CCCCCCCCCCCCC)[C@@H]1NC(=O)C[C@@H](CCCCCCCCCCC)OC(=O)CCCCCCCCCCCCC)COP(=O)(O)O. The van der Waals surface area contributed by atoms with Crippen molar-refractivity contribution < 1.29 is 105 Å². The molecular formula is C95H182N2O22P2. The minimum atomic E-state index is -5.64. The van der Waals surface area contributed by atoms with E-state index in [0.29, 0.717) is 44.9 Å². The van der Waals surface area contributed by atoms with Gasteiger partial charge in [-0.25, -0.2) is 9.13 Å². The second-order valence-corrected chi connectivity index (χ2v) is 37.9. The predicted molar refractivity (Wildman–Crippen MR) is 483 cm³/mol. The lowest BCUT2D eigenvalue weighted by atomic mass is 9.90. The van der Waals surface area contributed by atoms with Gasteiger partial charge in [0.25, 0.3) is 0 Å². The van der Waals surface area contributed by atoms with E-state index in [0.717, 1.165) is 205 Å². The fourth-order valence-corrected chi connectivity index (χ4v) is 17.2. The Hall–Kier alpha value is -3.12. The summed E-state index contributed by atoms with van der Waals surface area (Å²) in [5.74, 6) is -3.96. The first-order valence-electron chi connectivity index (χ1n) is 49.8. The van der Waals surface area contributed by atoms with Crippen LogP contribution >= 0.6 is 15.6 Å². The second-order valence-electron chi connectivity index (χ2n) is 35.5. The van der Waals surface area contributed by atoms with Crippen LogP contribution in [0.3, 0.4) is 0 Å². The van der Waals surface area contributed by atoms with Crippen molar-refractivity contribution in [1.82, 2.24) is 10.6 Å². The van der Waals surface area contributed by atoms with Gasteiger partial charge in [0.2, 0.25) is 11.8 Å². The van der Waals surface area contributed by atoms with Crippen LogP contribution in [0, 0.1) is 5.41 Å². The third-order valence-corrected chi connectivity index (χ3v) is 24.7. The molecule has 0 radical (unpaired) electrons. The van der Waals surface area contributed by atoms with Gasteiger partial charge in [0.1, 0.15) is 36.6 Å². The van der Waals surface area contributed by atoms with Crippen molar-refractivity contribution in [2.75, 3.05) is 33.0 Å². The van der Waals surface area contributed by atoms with Gasteiger partial charge in [-0.2, -0.15) is 0 Å². The number of phosphoric acid groups is 2. The summed E-state index contributed by atoms with van der Waals surface area (Å²) in [6, 6.07) is -1.86. The summed E-state index contributed by atoms with van der Waals surface area (Å²) in [6.45, 7) is 8.66. The highest BCUT2D eigenvalue weighted by molar-refractivity contribution is 7.46. The number of unbranched alkanes of at least 4 members (excludes halogenated alkanes) is 54. The molecule has 3 unspecified atom stereocenters. The Morgan fingerprint density at radius 1 is 0.355 bits per heavy atom. The van der Waals surface area contributed by atoms with Crippen molar-refractivity contribution in [3.8, 4) is 0 Å². The summed E-state index contributed by atoms with van der Waals surface area (Å²) in [6.07, 6.45) is 52.4. The highest BCUT2D eigenvalue weighted by Gasteiger charge is 2.53. The van der Waals surface area contributed by atoms with Crippen molar-refractivity contribution in [2.45, 2.75) is 534 Å². The topological polar surface area (TPSA) is 356 Å². The van der Waals surface area contributed by atoms with Gasteiger partial charge in [-0.05, 0) is 57.8 Å². The van der Waals surface area contributed by atoms with Crippen LogP contribution in [-0.2, 0) is 75.4 Å². The number of aliphatic hydroxyl groups is 2. The summed E-state index contributed by atoms with van der Waals surface area (Å²) in [5, 5.41) is 28.2. The lowest BCUT2D eigenvalue weighted by Crippen LogP contribution is -2.67. The molecule has 0 spiro atoms. The fourth-order valence-electron chi connectivity index (χ4n) is 16.1. The molecule has 0 bridgehead atoms. The van der Waals surface area contributed by atoms with Crippen LogP contribution in [0.2, 0.25) is 0 Å². The molecule has 9 atom stereocenters. The minimum Gasteiger partial charge on any atom is -0.462 e. The number of nitrogens with one attached hydrogen (secondary N) is 2. The molecule has 8 N–H and O–H groups in total. The van der Waals surface area contributed by atoms with Crippen molar-refractivity contribution >= 4 is 51.3 Å². The number of amides is 2. The second kappa shape index (κ2) is 79.1. The van der Waals surface area contributed by atoms with Gasteiger partial charge in [0.15, 0.2) is 12.4 Å². The minimum absolute atomic E-state index is 0.103. The number of aliphatic hydroxyl groups excluding tert-OH is 2. The molecule has 1 aliphatic heterocycles. The molecule has 714 valence electrons. The monoisotopic (exact) mass is 1770 g/mol. The maximum Gasteiger partial charge on any atom is 0.470 e. The lowest BCUT2D eigenvalue weighted by molar-refractivity contribution is -0.278. The molecule has 0 saturated carbocycles. The van der Waals surface area contributed by atoms with Crippen LogP contribution in [0.4, 0.5) is 0 Å². The zero-order chi connectivity index (χ0) is 89.0. The van der Waals surface area contributed by atoms with Gasteiger partial charge >= 0.3 is 39.5 Å². The Balaban J connectivity index is 4.00. The van der Waals surface area contributed by atoms with Gasteiger partial charge < -0.3 is 68.8 Å². The van der Waals surface area contributed by atoms with E-state index in [9.17, 15) is 62.9 Å². The Morgan fingerprint density at radius 3 is 0.934 bits per heavy atom. The van der Waals surface area contributed by atoms with E-state index in [2.05, 4.69) is 52.2 Å². The predicted octanol–water partition coefficient (Wildman–Crippen LogP) is 23.6. The van der Waals surface area contributed by atoms with Crippen LogP contribution in [-0.4, -0.2) is 147 Å². The Morgan fingerprint density at radius 2 is 0.645 bits per heavy atom. The Kier molecular flexibility index (Phi) is 75.7. The summed E-state index contributed by atoms with van der Waals surface area (Å²) in [4.78, 5) is 127. The largest absolute Gasteiger partial charge is 0.470 e. The number of carbonyl (C=O) groups excluding carboxylic acids is 6. The van der Waals surface area contributed by atoms with Crippen molar-refractivity contribution in [1.29, 1.82) is 0 Å². The smallest absolute Gasteiger partial charge is 0.462 e. The molecule has 0 aliphatic carbocycles. The molecule has 1 aliphatic rings. The van der Waals surface area contributed by atoms with E-state index in [1.807, 2.05) is 0 Å². The zero-order valence-corrected chi connectivity index (χ0v) is 79.3. The van der Waals surface area contributed by atoms with E-state index >= 15 is 4.79 Å². The van der Waals surface area contributed by atoms with Gasteiger partial charge in [-0.1, -0.05) is 388 Å². The number of phosphoric ester groups is 2. The number of esters is 4. The lowest BCUT2D eigenvalue weighted by Gasteiger charge is -2.46. The number of rotatable bonds is 89. The summed E-state index contributed by atoms with van der Waals surface area (Å²) in [5.41, 5.74) is -1.99. The Bertz CT molecular complexity index is 2580. The van der Waals surface area contributed by atoms with E-state index < -0.39 is 152 Å². The molecule has 0 aromatic carbocycles. The van der Waals surface area contributed by atoms with Gasteiger partial charge in [0, 0.05) is 25.8 Å². The Labute approximate surface area is 735 Å². The molecular weight excluding hydrogens is 1580 g/mol. The van der Waals surface area contributed by atoms with Crippen LogP contribution in [0.15, 0.2) is 0 Å². The molecule has 0 aromatic rings. The van der Waals surface area contributed by atoms with Crippen molar-refractivity contribution in [3.63, 3.8) is 0 Å². The van der Waals surface area contributed by atoms with Crippen LogP contribution < -0.4 is 10.6 Å². The van der Waals surface area contributed by atoms with Gasteiger partial charge in [-0.3, -0.25) is 37.8 Å². The number of ether oxygens (including phenoxy) is 6. The molecule has 1 heterocycles. The summed E-state index contributed by atoms with van der Waals surface area (Å²) in [7, 11) is -11.0. The first kappa shape index (κ1) is 116. The van der Waals surface area contributed by atoms with E-state index in [1.54, 1.807) is 0 Å². The van der Waals surface area contributed by atoms with Crippen LogP contribution in [0.1, 0.15) is 485 Å². The van der Waals surface area contributed by atoms with Crippen molar-refractivity contribution in [2.24, 2.45) is 5.41 Å². The first-order chi connectivity index (χ1) is 58.5. The standard InChI is InChI=1S/C95H182N2O22P2/c1-7-13-19-25-31-37-40-46-52-58-64-70-87(102)114-81(67-61-55-49-43-34-28-22-16-10-4)73-85(100)96-77-95(78-99,80-113-120(106,107)108)79-112-94-91(97-86(101)74-82(68-62-56-50-44-35-29-23-17-11-5)115-88(103)71-65-59-53-47-41-38-32-26-20-14-8-2)93(92(84(76-98)117-94)119-121(109,110)111)118-90(105)75-83(69-63-57-51-45-36-30-24-18-12-6)116-89(104)72-66-60-54-48-42-39-33-27-21-15-9-3/h81-84,91-94,98-99H,7-80H2,1-6H3,(H,96,100)(H,97,101)(H2,106,107,108)(H2,109,110,111)/t81-,82-,83-,84?,91+,92-,93?,94-,95?/m1/s1. The maximum absolute atomic E-state index is 15.1. The highest BCUT2D eigenvalue weighted by Crippen LogP contribution is 2.44. The van der Waals surface area contributed by atoms with Gasteiger partial charge in [-0.15, -0.1) is 0 Å². The molecule has 1 saturated heterocycles. The van der Waals surface area contributed by atoms with E-state index in [4.69, 9.17) is 37.5 Å². The molecule has 1 rings (SSSR count). The number of hydrogen-bond acceptors (Lipinski definition) is 18. The molecule has 121 heavy (non-hydrogen) atoms. The van der Waals surface area contributed by atoms with E-state index in [1.165, 1.54) is 141 Å². The molecule has 2 amide bonds. The number of hydrogen-bond donors (Lipinski definition) is 8. The van der Waals surface area contributed by atoms with Gasteiger partial charge in [0.05, 0.1) is 51.1 Å². The maximum atomic E-state index is 15.1.